The quantitative estimate of drug-likeness (QED) is 0.424. The molecule has 0 aliphatic heterocycles. The minimum atomic E-state index is -2.80. The molecule has 0 spiro atoms. The van der Waals surface area contributed by atoms with Gasteiger partial charge in [-0.05, 0) is 36.8 Å². The molecular formula is C24H19F2N5OS. The fourth-order valence-electron chi connectivity index (χ4n) is 4.19. The summed E-state index contributed by atoms with van der Waals surface area (Å²) >= 11 is 1.41. The number of nitrogens with one attached hydrogen (secondary N) is 1. The third-order valence-corrected chi connectivity index (χ3v) is 7.06. The number of anilines is 1. The van der Waals surface area contributed by atoms with E-state index in [1.807, 2.05) is 6.07 Å². The van der Waals surface area contributed by atoms with E-state index in [1.54, 1.807) is 24.3 Å². The summed E-state index contributed by atoms with van der Waals surface area (Å²) in [5.41, 5.74) is 2.22. The Labute approximate surface area is 192 Å². The molecule has 1 aromatic carbocycles. The molecule has 1 aliphatic carbocycles. The number of fused-ring (bicyclic) bond motifs is 2. The zero-order valence-electron chi connectivity index (χ0n) is 17.7. The predicted octanol–water partition coefficient (Wildman–Crippen LogP) is 5.64. The Balaban J connectivity index is 1.56. The Morgan fingerprint density at radius 3 is 2.85 bits per heavy atom. The van der Waals surface area contributed by atoms with E-state index >= 15 is 0 Å². The zero-order valence-corrected chi connectivity index (χ0v) is 18.5. The number of halogens is 2. The molecule has 0 saturated heterocycles. The number of hydrogen-bond donors (Lipinski definition) is 1. The Morgan fingerprint density at radius 2 is 2.12 bits per heavy atom. The van der Waals surface area contributed by atoms with Crippen molar-refractivity contribution < 1.29 is 13.6 Å². The number of aromatic nitrogens is 3. The normalized spacial score (nSPS) is 15.4. The number of thiophene rings is 1. The van der Waals surface area contributed by atoms with Crippen molar-refractivity contribution in [2.45, 2.75) is 32.6 Å². The first-order valence-electron chi connectivity index (χ1n) is 10.5. The third-order valence-electron chi connectivity index (χ3n) is 5.89. The first-order valence-corrected chi connectivity index (χ1v) is 11.4. The number of carbonyl (C=O) groups excluding carboxylic acids is 1. The van der Waals surface area contributed by atoms with Crippen LogP contribution in [0.5, 0.6) is 0 Å². The highest BCUT2D eigenvalue weighted by Gasteiger charge is 2.26. The highest BCUT2D eigenvalue weighted by atomic mass is 32.1. The Hall–Kier alpha value is -3.64. The lowest BCUT2D eigenvalue weighted by Crippen LogP contribution is -2.13. The number of nitrogens with zero attached hydrogens (tertiary/aromatic N) is 4. The van der Waals surface area contributed by atoms with Crippen molar-refractivity contribution in [3.05, 3.63) is 69.9 Å². The summed E-state index contributed by atoms with van der Waals surface area (Å²) in [4.78, 5) is 18.8. The lowest BCUT2D eigenvalue weighted by Gasteiger charge is -2.17. The van der Waals surface area contributed by atoms with Crippen molar-refractivity contribution >= 4 is 27.9 Å². The van der Waals surface area contributed by atoms with E-state index in [1.165, 1.54) is 23.6 Å². The maximum absolute atomic E-state index is 13.8. The molecule has 1 atom stereocenters. The van der Waals surface area contributed by atoms with Crippen LogP contribution < -0.4 is 5.32 Å². The highest BCUT2D eigenvalue weighted by Crippen LogP contribution is 2.39. The number of rotatable bonds is 4. The Kier molecular flexibility index (Phi) is 5.38. The van der Waals surface area contributed by atoms with Gasteiger partial charge in [-0.1, -0.05) is 37.3 Å². The van der Waals surface area contributed by atoms with Crippen LogP contribution in [0.2, 0.25) is 0 Å². The fraction of sp³-hybridized carbons (Fsp3) is 0.250. The van der Waals surface area contributed by atoms with Gasteiger partial charge in [0.05, 0.1) is 17.5 Å². The van der Waals surface area contributed by atoms with Gasteiger partial charge in [-0.15, -0.1) is 11.3 Å². The van der Waals surface area contributed by atoms with Crippen molar-refractivity contribution in [2.75, 3.05) is 5.32 Å². The van der Waals surface area contributed by atoms with Crippen LogP contribution in [0.3, 0.4) is 0 Å². The van der Waals surface area contributed by atoms with Gasteiger partial charge in [0.1, 0.15) is 22.3 Å². The van der Waals surface area contributed by atoms with Gasteiger partial charge < -0.3 is 5.32 Å². The van der Waals surface area contributed by atoms with Gasteiger partial charge in [0.15, 0.2) is 5.65 Å². The molecule has 1 aliphatic rings. The first-order chi connectivity index (χ1) is 16.0. The second kappa shape index (κ2) is 8.37. The molecule has 4 aromatic rings. The second-order valence-corrected chi connectivity index (χ2v) is 9.25. The molecule has 0 unspecified atom stereocenters. The highest BCUT2D eigenvalue weighted by molar-refractivity contribution is 7.16. The smallest absolute Gasteiger partial charge is 0.280 e. The Bertz CT molecular complexity index is 1400. The van der Waals surface area contributed by atoms with Crippen LogP contribution in [0.25, 0.3) is 16.9 Å². The van der Waals surface area contributed by atoms with E-state index < -0.39 is 12.3 Å². The second-order valence-electron chi connectivity index (χ2n) is 8.15. The molecule has 0 radical (unpaired) electrons. The van der Waals surface area contributed by atoms with E-state index in [4.69, 9.17) is 0 Å². The minimum absolute atomic E-state index is 0.0394. The van der Waals surface area contributed by atoms with Crippen molar-refractivity contribution in [1.29, 1.82) is 5.26 Å². The van der Waals surface area contributed by atoms with Gasteiger partial charge in [0.25, 0.3) is 12.3 Å². The summed E-state index contributed by atoms with van der Waals surface area (Å²) in [5.74, 6) is -0.00897. The largest absolute Gasteiger partial charge is 0.312 e. The van der Waals surface area contributed by atoms with Crippen LogP contribution in [0.15, 0.2) is 42.6 Å². The first kappa shape index (κ1) is 21.2. The van der Waals surface area contributed by atoms with Crippen molar-refractivity contribution in [3.8, 4) is 17.3 Å². The van der Waals surface area contributed by atoms with Gasteiger partial charge in [-0.2, -0.15) is 10.4 Å². The maximum Gasteiger partial charge on any atom is 0.280 e. The van der Waals surface area contributed by atoms with Crippen LogP contribution in [0, 0.1) is 17.2 Å². The van der Waals surface area contributed by atoms with Crippen molar-refractivity contribution in [3.63, 3.8) is 0 Å². The number of nitriles is 1. The molecule has 0 fully saturated rings. The zero-order chi connectivity index (χ0) is 23.1. The monoisotopic (exact) mass is 463 g/mol. The van der Waals surface area contributed by atoms with E-state index in [2.05, 4.69) is 28.4 Å². The summed E-state index contributed by atoms with van der Waals surface area (Å²) < 4.78 is 28.6. The molecule has 9 heteroatoms. The molecule has 1 amide bonds. The van der Waals surface area contributed by atoms with Crippen LogP contribution in [0.1, 0.15) is 51.8 Å². The summed E-state index contributed by atoms with van der Waals surface area (Å²) in [6, 6.07) is 12.4. The third kappa shape index (κ3) is 3.76. The summed E-state index contributed by atoms with van der Waals surface area (Å²) in [7, 11) is 0. The topological polar surface area (TPSA) is 83.1 Å². The van der Waals surface area contributed by atoms with Gasteiger partial charge in [0.2, 0.25) is 0 Å². The van der Waals surface area contributed by atoms with Crippen LogP contribution >= 0.6 is 11.3 Å². The number of carbonyl (C=O) groups is 1. The molecule has 0 saturated carbocycles. The van der Waals surface area contributed by atoms with E-state index in [0.29, 0.717) is 27.7 Å². The maximum atomic E-state index is 13.8. The van der Waals surface area contributed by atoms with Crippen LogP contribution in [-0.4, -0.2) is 20.5 Å². The number of alkyl halides is 2. The lowest BCUT2D eigenvalue weighted by atomic mass is 9.88. The SMILES string of the molecule is C[C@@H]1CCc2c(sc(NC(=O)c3cnn4c(C(F)F)cc(-c5ccccc5)nc34)c2C#N)C1. The predicted molar refractivity (Wildman–Crippen MR) is 122 cm³/mol. The summed E-state index contributed by atoms with van der Waals surface area (Å²) in [6.07, 6.45) is 1.12. The van der Waals surface area contributed by atoms with Gasteiger partial charge >= 0.3 is 0 Å². The van der Waals surface area contributed by atoms with Crippen molar-refractivity contribution in [2.24, 2.45) is 5.92 Å². The molecule has 5 rings (SSSR count). The summed E-state index contributed by atoms with van der Waals surface area (Å²) in [5, 5.41) is 17.0. The van der Waals surface area contributed by atoms with Gasteiger partial charge in [-0.3, -0.25) is 4.79 Å². The lowest BCUT2D eigenvalue weighted by molar-refractivity contribution is 0.102. The average molecular weight is 464 g/mol. The van der Waals surface area contributed by atoms with Crippen molar-refractivity contribution in [1.82, 2.24) is 14.6 Å². The Morgan fingerprint density at radius 1 is 1.33 bits per heavy atom. The molecule has 33 heavy (non-hydrogen) atoms. The van der Waals surface area contributed by atoms with Gasteiger partial charge in [-0.25, -0.2) is 18.3 Å². The number of amides is 1. The van der Waals surface area contributed by atoms with Gasteiger partial charge in [0, 0.05) is 10.4 Å². The summed E-state index contributed by atoms with van der Waals surface area (Å²) in [6.45, 7) is 2.17. The molecule has 6 nitrogen and oxygen atoms in total. The molecule has 0 bridgehead atoms. The number of hydrogen-bond acceptors (Lipinski definition) is 5. The van der Waals surface area contributed by atoms with E-state index in [0.717, 1.165) is 34.2 Å². The molecule has 166 valence electrons. The molecule has 3 aromatic heterocycles. The standard InChI is InChI=1S/C24H19F2N5OS/c1-13-7-8-15-16(11-27)24(33-20(15)9-13)30-23(32)17-12-28-31-19(21(25)26)10-18(29-22(17)31)14-5-3-2-4-6-14/h2-6,10,12-13,21H,7-9H2,1H3,(H,30,32)/t13-/m1/s1. The average Bonchev–Trinajstić information content (AvgIpc) is 3.39. The fourth-order valence-corrected chi connectivity index (χ4v) is 5.54. The van der Waals surface area contributed by atoms with E-state index in [9.17, 15) is 18.8 Å². The van der Waals surface area contributed by atoms with Crippen LogP contribution in [-0.2, 0) is 12.8 Å². The molecule has 3 heterocycles. The number of benzene rings is 1. The van der Waals surface area contributed by atoms with Crippen LogP contribution in [0.4, 0.5) is 13.8 Å². The van der Waals surface area contributed by atoms with E-state index in [-0.39, 0.29) is 16.9 Å². The minimum Gasteiger partial charge on any atom is -0.312 e. The molecule has 1 N–H and O–H groups in total. The molecular weight excluding hydrogens is 444 g/mol.